The fraction of sp³-hybridized carbons (Fsp3) is 0.250. The summed E-state index contributed by atoms with van der Waals surface area (Å²) in [6.07, 6.45) is 3.32. The molecule has 0 aliphatic carbocycles. The van der Waals surface area contributed by atoms with Crippen molar-refractivity contribution in [2.45, 2.75) is 32.6 Å². The van der Waals surface area contributed by atoms with E-state index in [1.807, 2.05) is 33.8 Å². The summed E-state index contributed by atoms with van der Waals surface area (Å²) in [7, 11) is -3.39. The summed E-state index contributed by atoms with van der Waals surface area (Å²) in [5, 5.41) is 1.25. The lowest BCUT2D eigenvalue weighted by molar-refractivity contribution is 0.604. The smallest absolute Gasteiger partial charge is 0.199 e. The summed E-state index contributed by atoms with van der Waals surface area (Å²) < 4.78 is 24.4. The second kappa shape index (κ2) is 6.02. The third kappa shape index (κ3) is 3.93. The van der Waals surface area contributed by atoms with Gasteiger partial charge in [0.1, 0.15) is 0 Å². The Bertz CT molecular complexity index is 647. The molecule has 0 N–H and O–H groups in total. The summed E-state index contributed by atoms with van der Waals surface area (Å²) >= 11 is 0. The van der Waals surface area contributed by atoms with Gasteiger partial charge in [0.05, 0.1) is 4.90 Å². The van der Waals surface area contributed by atoms with Gasteiger partial charge in [-0.3, -0.25) is 0 Å². The monoisotopic (exact) mass is 276 g/mol. The summed E-state index contributed by atoms with van der Waals surface area (Å²) in [4.78, 5) is 0.330. The summed E-state index contributed by atoms with van der Waals surface area (Å²) in [5.74, 6) is 0. The first-order valence-electron chi connectivity index (χ1n) is 6.08. The number of allylic oxidation sites excluding steroid dienone is 4. The van der Waals surface area contributed by atoms with Gasteiger partial charge < -0.3 is 0 Å². The molecule has 3 heteroatoms. The Hall–Kier alpha value is -1.61. The maximum atomic E-state index is 12.2. The SMILES string of the molecule is C=C/C(C)=C(C)\C=C\S(=O)(=O)c1ccc(C)c(C)c1. The Morgan fingerprint density at radius 2 is 1.74 bits per heavy atom. The largest absolute Gasteiger partial charge is 0.219 e. The van der Waals surface area contributed by atoms with Gasteiger partial charge in [-0.05, 0) is 68.2 Å². The molecule has 0 radical (unpaired) electrons. The van der Waals surface area contributed by atoms with Crippen LogP contribution in [0.3, 0.4) is 0 Å². The van der Waals surface area contributed by atoms with E-state index in [9.17, 15) is 8.42 Å². The second-order valence-corrected chi connectivity index (χ2v) is 6.50. The number of hydrogen-bond donors (Lipinski definition) is 0. The number of hydrogen-bond acceptors (Lipinski definition) is 2. The van der Waals surface area contributed by atoms with E-state index in [-0.39, 0.29) is 0 Å². The molecule has 102 valence electrons. The molecule has 0 heterocycles. The topological polar surface area (TPSA) is 34.1 Å². The first-order chi connectivity index (χ1) is 8.77. The van der Waals surface area contributed by atoms with Crippen LogP contribution in [0.2, 0.25) is 0 Å². The van der Waals surface area contributed by atoms with Gasteiger partial charge in [-0.2, -0.15) is 0 Å². The highest BCUT2D eigenvalue weighted by Crippen LogP contribution is 2.18. The molecular weight excluding hydrogens is 256 g/mol. The van der Waals surface area contributed by atoms with Crippen LogP contribution in [-0.2, 0) is 9.84 Å². The molecule has 0 bridgehead atoms. The minimum Gasteiger partial charge on any atom is -0.219 e. The molecule has 0 saturated heterocycles. The Kier molecular flexibility index (Phi) is 4.90. The number of sulfone groups is 1. The minimum absolute atomic E-state index is 0.330. The van der Waals surface area contributed by atoms with E-state index in [1.54, 1.807) is 24.3 Å². The van der Waals surface area contributed by atoms with Gasteiger partial charge in [0.15, 0.2) is 9.84 Å². The summed E-state index contributed by atoms with van der Waals surface area (Å²) in [5.41, 5.74) is 3.92. The molecule has 0 aromatic heterocycles. The van der Waals surface area contributed by atoms with Crippen molar-refractivity contribution in [3.05, 3.63) is 64.6 Å². The lowest BCUT2D eigenvalue weighted by Crippen LogP contribution is -1.97. The van der Waals surface area contributed by atoms with E-state index < -0.39 is 9.84 Å². The van der Waals surface area contributed by atoms with E-state index >= 15 is 0 Å². The van der Waals surface area contributed by atoms with Crippen LogP contribution < -0.4 is 0 Å². The molecule has 2 nitrogen and oxygen atoms in total. The Balaban J connectivity index is 3.15. The molecular formula is C16H20O2S. The third-order valence-corrected chi connectivity index (χ3v) is 4.64. The zero-order valence-electron chi connectivity index (χ0n) is 11.9. The van der Waals surface area contributed by atoms with Crippen LogP contribution in [0, 0.1) is 13.8 Å². The predicted octanol–water partition coefficient (Wildman–Crippen LogP) is 4.11. The van der Waals surface area contributed by atoms with Crippen molar-refractivity contribution in [3.63, 3.8) is 0 Å². The highest BCUT2D eigenvalue weighted by Gasteiger charge is 2.10. The van der Waals surface area contributed by atoms with Gasteiger partial charge in [0, 0.05) is 5.41 Å². The normalized spacial score (nSPS) is 13.5. The highest BCUT2D eigenvalue weighted by atomic mass is 32.2. The average Bonchev–Trinajstić information content (AvgIpc) is 2.38. The summed E-state index contributed by atoms with van der Waals surface area (Å²) in [6.45, 7) is 11.3. The number of rotatable bonds is 4. The molecule has 0 fully saturated rings. The molecule has 0 aliphatic rings. The number of aryl methyl sites for hydroxylation is 2. The molecule has 0 aliphatic heterocycles. The van der Waals surface area contributed by atoms with Gasteiger partial charge in [-0.15, -0.1) is 0 Å². The predicted molar refractivity (Wildman–Crippen MR) is 80.8 cm³/mol. The zero-order chi connectivity index (χ0) is 14.6. The Morgan fingerprint density at radius 3 is 2.26 bits per heavy atom. The fourth-order valence-corrected chi connectivity index (χ4v) is 2.59. The van der Waals surface area contributed by atoms with Crippen molar-refractivity contribution in [3.8, 4) is 0 Å². The molecule has 0 amide bonds. The van der Waals surface area contributed by atoms with E-state index in [1.165, 1.54) is 5.41 Å². The molecule has 0 unspecified atom stereocenters. The van der Waals surface area contributed by atoms with Crippen LogP contribution in [0.15, 0.2) is 58.4 Å². The van der Waals surface area contributed by atoms with Gasteiger partial charge in [-0.25, -0.2) is 8.42 Å². The van der Waals surface area contributed by atoms with Crippen molar-refractivity contribution < 1.29 is 8.42 Å². The van der Waals surface area contributed by atoms with Gasteiger partial charge >= 0.3 is 0 Å². The van der Waals surface area contributed by atoms with Crippen molar-refractivity contribution in [1.82, 2.24) is 0 Å². The molecule has 1 rings (SSSR count). The van der Waals surface area contributed by atoms with Crippen molar-refractivity contribution >= 4 is 9.84 Å². The van der Waals surface area contributed by atoms with Crippen LogP contribution in [-0.4, -0.2) is 8.42 Å². The molecule has 1 aromatic carbocycles. The lowest BCUT2D eigenvalue weighted by atomic mass is 10.1. The van der Waals surface area contributed by atoms with Gasteiger partial charge in [0.25, 0.3) is 0 Å². The molecule has 1 aromatic rings. The van der Waals surface area contributed by atoms with Crippen molar-refractivity contribution in [2.24, 2.45) is 0 Å². The highest BCUT2D eigenvalue weighted by molar-refractivity contribution is 7.94. The van der Waals surface area contributed by atoms with Crippen LogP contribution in [0.5, 0.6) is 0 Å². The summed E-state index contributed by atoms with van der Waals surface area (Å²) in [6, 6.07) is 5.17. The zero-order valence-corrected chi connectivity index (χ0v) is 12.7. The average molecular weight is 276 g/mol. The van der Waals surface area contributed by atoms with Gasteiger partial charge in [0.2, 0.25) is 0 Å². The maximum absolute atomic E-state index is 12.2. The third-order valence-electron chi connectivity index (χ3n) is 3.23. The molecule has 19 heavy (non-hydrogen) atoms. The van der Waals surface area contributed by atoms with Crippen molar-refractivity contribution in [2.75, 3.05) is 0 Å². The standard InChI is InChI=1S/C16H20O2S/c1-6-12(2)14(4)9-10-19(17,18)16-8-7-13(3)15(5)11-16/h6-11H,1H2,2-5H3/b10-9+,14-12-. The van der Waals surface area contributed by atoms with E-state index in [2.05, 4.69) is 6.58 Å². The van der Waals surface area contributed by atoms with E-state index in [4.69, 9.17) is 0 Å². The maximum Gasteiger partial charge on any atom is 0.199 e. The quantitative estimate of drug-likeness (QED) is 0.775. The van der Waals surface area contributed by atoms with Crippen LogP contribution in [0.4, 0.5) is 0 Å². The lowest BCUT2D eigenvalue weighted by Gasteiger charge is -2.04. The van der Waals surface area contributed by atoms with Crippen LogP contribution >= 0.6 is 0 Å². The second-order valence-electron chi connectivity index (χ2n) is 4.66. The molecule has 0 spiro atoms. The molecule has 0 atom stereocenters. The van der Waals surface area contributed by atoms with Crippen LogP contribution in [0.1, 0.15) is 25.0 Å². The number of benzene rings is 1. The van der Waals surface area contributed by atoms with Crippen molar-refractivity contribution in [1.29, 1.82) is 0 Å². The minimum atomic E-state index is -3.39. The van der Waals surface area contributed by atoms with Gasteiger partial charge in [-0.1, -0.05) is 18.7 Å². The first-order valence-corrected chi connectivity index (χ1v) is 7.63. The fourth-order valence-electron chi connectivity index (χ4n) is 1.45. The Labute approximate surface area is 116 Å². The Morgan fingerprint density at radius 1 is 1.11 bits per heavy atom. The van der Waals surface area contributed by atoms with E-state index in [0.717, 1.165) is 22.3 Å². The molecule has 0 saturated carbocycles. The first kappa shape index (κ1) is 15.4. The van der Waals surface area contributed by atoms with E-state index in [0.29, 0.717) is 4.90 Å². The van der Waals surface area contributed by atoms with Crippen LogP contribution in [0.25, 0.3) is 0 Å².